The van der Waals surface area contributed by atoms with Gasteiger partial charge >= 0.3 is 0 Å². The Bertz CT molecular complexity index is 1830. The lowest BCUT2D eigenvalue weighted by molar-refractivity contribution is 0.101. The molecule has 46 heavy (non-hydrogen) atoms. The van der Waals surface area contributed by atoms with Crippen molar-refractivity contribution in [3.8, 4) is 22.6 Å². The minimum absolute atomic E-state index is 0.0730. The van der Waals surface area contributed by atoms with Gasteiger partial charge < -0.3 is 20.1 Å². The van der Waals surface area contributed by atoms with Crippen LogP contribution in [-0.2, 0) is 20.0 Å². The number of rotatable bonds is 11. The van der Waals surface area contributed by atoms with Crippen molar-refractivity contribution in [3.63, 3.8) is 0 Å². The van der Waals surface area contributed by atoms with Crippen LogP contribution in [0.1, 0.15) is 20.7 Å². The molecule has 0 saturated carbocycles. The summed E-state index contributed by atoms with van der Waals surface area (Å²) in [5.74, 6) is -0.131. The van der Waals surface area contributed by atoms with Gasteiger partial charge in [-0.05, 0) is 83.9 Å². The van der Waals surface area contributed by atoms with Crippen molar-refractivity contribution < 1.29 is 35.9 Å². The predicted octanol–water partition coefficient (Wildman–Crippen LogP) is 4.38. The normalized spacial score (nSPS) is 11.7. The third-order valence-electron chi connectivity index (χ3n) is 7.02. The number of hydrogen-bond acceptors (Lipinski definition) is 8. The average Bonchev–Trinajstić information content (AvgIpc) is 3.05. The van der Waals surface area contributed by atoms with E-state index in [-0.39, 0.29) is 20.9 Å². The first-order valence-corrected chi connectivity index (χ1v) is 16.6. The Balaban J connectivity index is 1.51. The number of sulfonamides is 2. The summed E-state index contributed by atoms with van der Waals surface area (Å²) in [6.45, 7) is 0. The van der Waals surface area contributed by atoms with E-state index in [9.17, 15) is 26.4 Å². The van der Waals surface area contributed by atoms with Gasteiger partial charge in [-0.3, -0.25) is 9.59 Å². The van der Waals surface area contributed by atoms with Crippen LogP contribution in [0.15, 0.2) is 94.7 Å². The van der Waals surface area contributed by atoms with Crippen LogP contribution in [-0.4, -0.2) is 79.7 Å². The van der Waals surface area contributed by atoms with Gasteiger partial charge in [-0.1, -0.05) is 12.1 Å². The van der Waals surface area contributed by atoms with Crippen molar-refractivity contribution in [2.24, 2.45) is 0 Å². The number of benzene rings is 4. The van der Waals surface area contributed by atoms with Gasteiger partial charge in [0, 0.05) is 39.3 Å². The maximum absolute atomic E-state index is 12.9. The molecule has 0 spiro atoms. The molecule has 0 radical (unpaired) electrons. The van der Waals surface area contributed by atoms with Crippen LogP contribution in [0.2, 0.25) is 0 Å². The molecule has 0 saturated heterocycles. The Morgan fingerprint density at radius 3 is 1.15 bits per heavy atom. The molecule has 2 amide bonds. The number of nitrogens with one attached hydrogen (secondary N) is 2. The number of nitrogens with zero attached hydrogens (tertiary/aromatic N) is 2. The summed E-state index contributed by atoms with van der Waals surface area (Å²) in [7, 11) is 1.42. The SMILES string of the molecule is COc1cc(-c2ccc(NC(=O)c3ccc(S(=O)(=O)N(C)C)cc3)c(OC)c2)ccc1NC(=O)c1ccc(S(=O)(=O)N(C)C)cc1. The number of amides is 2. The second-order valence-electron chi connectivity index (χ2n) is 10.4. The summed E-state index contributed by atoms with van der Waals surface area (Å²) >= 11 is 0. The lowest BCUT2D eigenvalue weighted by Crippen LogP contribution is -2.22. The molecule has 4 aromatic rings. The Hall–Kier alpha value is -4.76. The second kappa shape index (κ2) is 13.7. The molecule has 0 aliphatic heterocycles. The highest BCUT2D eigenvalue weighted by Crippen LogP contribution is 2.35. The summed E-state index contributed by atoms with van der Waals surface area (Å²) in [5, 5.41) is 5.58. The average molecular weight is 667 g/mol. The summed E-state index contributed by atoms with van der Waals surface area (Å²) in [4.78, 5) is 26.0. The first-order chi connectivity index (χ1) is 21.7. The summed E-state index contributed by atoms with van der Waals surface area (Å²) < 4.78 is 62.5. The monoisotopic (exact) mass is 666 g/mol. The topological polar surface area (TPSA) is 151 Å². The molecule has 0 aliphatic carbocycles. The molecule has 0 bridgehead atoms. The maximum Gasteiger partial charge on any atom is 0.255 e. The molecular weight excluding hydrogens is 633 g/mol. The quantitative estimate of drug-likeness (QED) is 0.240. The first-order valence-electron chi connectivity index (χ1n) is 13.7. The minimum Gasteiger partial charge on any atom is -0.495 e. The number of anilines is 2. The molecule has 0 heterocycles. The molecule has 4 aromatic carbocycles. The van der Waals surface area contributed by atoms with Crippen LogP contribution in [0.3, 0.4) is 0 Å². The summed E-state index contributed by atoms with van der Waals surface area (Å²) in [6.07, 6.45) is 0. The number of carbonyl (C=O) groups is 2. The van der Waals surface area contributed by atoms with Gasteiger partial charge in [0.15, 0.2) is 0 Å². The zero-order chi connectivity index (χ0) is 33.8. The van der Waals surface area contributed by atoms with E-state index in [1.54, 1.807) is 36.4 Å². The van der Waals surface area contributed by atoms with Gasteiger partial charge in [-0.2, -0.15) is 0 Å². The maximum atomic E-state index is 12.9. The minimum atomic E-state index is -3.62. The first kappa shape index (κ1) is 34.1. The molecule has 12 nitrogen and oxygen atoms in total. The van der Waals surface area contributed by atoms with E-state index in [1.165, 1.54) is 90.9 Å². The van der Waals surface area contributed by atoms with E-state index in [0.717, 1.165) is 19.7 Å². The Labute approximate surface area is 268 Å². The van der Waals surface area contributed by atoms with Crippen molar-refractivity contribution in [1.82, 2.24) is 8.61 Å². The van der Waals surface area contributed by atoms with Crippen molar-refractivity contribution in [1.29, 1.82) is 0 Å². The third-order valence-corrected chi connectivity index (χ3v) is 10.7. The molecule has 4 rings (SSSR count). The lowest BCUT2D eigenvalue weighted by Gasteiger charge is -2.15. The lowest BCUT2D eigenvalue weighted by atomic mass is 10.0. The molecule has 0 aromatic heterocycles. The molecule has 0 atom stereocenters. The van der Waals surface area contributed by atoms with Gasteiger partial charge in [0.1, 0.15) is 11.5 Å². The van der Waals surface area contributed by atoms with Gasteiger partial charge in [0.25, 0.3) is 11.8 Å². The highest BCUT2D eigenvalue weighted by Gasteiger charge is 2.20. The molecule has 0 fully saturated rings. The van der Waals surface area contributed by atoms with Crippen LogP contribution < -0.4 is 20.1 Å². The molecular formula is C32H34N4O8S2. The van der Waals surface area contributed by atoms with Gasteiger partial charge in [-0.25, -0.2) is 25.4 Å². The zero-order valence-electron chi connectivity index (χ0n) is 26.1. The fourth-order valence-electron chi connectivity index (χ4n) is 4.32. The van der Waals surface area contributed by atoms with E-state index in [1.807, 2.05) is 0 Å². The smallest absolute Gasteiger partial charge is 0.255 e. The standard InChI is InChI=1S/C32H34N4O8S2/c1-35(2)45(39,40)25-13-7-21(8-14-25)31(37)33-27-17-11-23(19-29(27)43-5)24-12-18-28(30(20-24)44-6)34-32(38)22-9-15-26(16-10-22)46(41,42)36(3)4/h7-20H,1-6H3,(H,33,37)(H,34,38). The van der Waals surface area contributed by atoms with Crippen molar-refractivity contribution in [2.45, 2.75) is 9.79 Å². The summed E-state index contributed by atoms with van der Waals surface area (Å²) in [5.41, 5.74) is 2.81. The van der Waals surface area contributed by atoms with Crippen molar-refractivity contribution in [3.05, 3.63) is 96.1 Å². The van der Waals surface area contributed by atoms with Crippen LogP contribution in [0.5, 0.6) is 11.5 Å². The fraction of sp³-hybridized carbons (Fsp3) is 0.188. The molecule has 0 aliphatic rings. The van der Waals surface area contributed by atoms with E-state index in [0.29, 0.717) is 22.9 Å². The van der Waals surface area contributed by atoms with Crippen LogP contribution >= 0.6 is 0 Å². The van der Waals surface area contributed by atoms with E-state index >= 15 is 0 Å². The number of carbonyl (C=O) groups excluding carboxylic acids is 2. The largest absolute Gasteiger partial charge is 0.495 e. The number of hydrogen-bond donors (Lipinski definition) is 2. The highest BCUT2D eigenvalue weighted by molar-refractivity contribution is 7.89. The Kier molecular flexibility index (Phi) is 10.2. The fourth-order valence-corrected chi connectivity index (χ4v) is 6.12. The van der Waals surface area contributed by atoms with Crippen molar-refractivity contribution >= 4 is 43.2 Å². The van der Waals surface area contributed by atoms with E-state index in [4.69, 9.17) is 9.47 Å². The highest BCUT2D eigenvalue weighted by atomic mass is 32.2. The van der Waals surface area contributed by atoms with Gasteiger partial charge in [-0.15, -0.1) is 0 Å². The summed E-state index contributed by atoms with van der Waals surface area (Å²) in [6, 6.07) is 21.6. The molecule has 14 heteroatoms. The zero-order valence-corrected chi connectivity index (χ0v) is 27.7. The molecule has 0 unspecified atom stereocenters. The van der Waals surface area contributed by atoms with Gasteiger partial charge in [0.05, 0.1) is 35.4 Å². The second-order valence-corrected chi connectivity index (χ2v) is 14.7. The van der Waals surface area contributed by atoms with Crippen molar-refractivity contribution in [2.75, 3.05) is 53.0 Å². The Morgan fingerprint density at radius 1 is 0.543 bits per heavy atom. The van der Waals surface area contributed by atoms with E-state index in [2.05, 4.69) is 10.6 Å². The number of methoxy groups -OCH3 is 2. The predicted molar refractivity (Wildman–Crippen MR) is 176 cm³/mol. The molecule has 242 valence electrons. The Morgan fingerprint density at radius 2 is 0.870 bits per heavy atom. The van der Waals surface area contributed by atoms with Crippen LogP contribution in [0.25, 0.3) is 11.1 Å². The third kappa shape index (κ3) is 7.21. The van der Waals surface area contributed by atoms with Crippen LogP contribution in [0, 0.1) is 0 Å². The van der Waals surface area contributed by atoms with Crippen LogP contribution in [0.4, 0.5) is 11.4 Å². The number of ether oxygens (including phenoxy) is 2. The van der Waals surface area contributed by atoms with E-state index < -0.39 is 31.9 Å². The van der Waals surface area contributed by atoms with Gasteiger partial charge in [0.2, 0.25) is 20.0 Å². The molecule has 2 N–H and O–H groups in total.